The molecule has 0 saturated carbocycles. The molecule has 0 amide bonds. The van der Waals surface area contributed by atoms with E-state index >= 15 is 0 Å². The maximum Gasteiger partial charge on any atom is 0.119 e. The van der Waals surface area contributed by atoms with Crippen molar-refractivity contribution >= 4 is 0 Å². The smallest absolute Gasteiger partial charge is 0.119 e. The molecule has 0 bridgehead atoms. The van der Waals surface area contributed by atoms with Crippen molar-refractivity contribution in [2.45, 2.75) is 52.0 Å². The fourth-order valence-electron chi connectivity index (χ4n) is 2.10. The van der Waals surface area contributed by atoms with E-state index in [-0.39, 0.29) is 0 Å². The lowest BCUT2D eigenvalue weighted by atomic mass is 10.1. The molecule has 2 nitrogen and oxygen atoms in total. The average Bonchev–Trinajstić information content (AvgIpc) is 2.42. The van der Waals surface area contributed by atoms with E-state index in [0.717, 1.165) is 18.9 Å². The Morgan fingerprint density at radius 1 is 1.06 bits per heavy atom. The Morgan fingerprint density at radius 2 is 1.83 bits per heavy atom. The van der Waals surface area contributed by atoms with Crippen LogP contribution in [0.4, 0.5) is 0 Å². The van der Waals surface area contributed by atoms with Gasteiger partial charge < -0.3 is 10.1 Å². The first-order valence-corrected chi connectivity index (χ1v) is 7.28. The Kier molecular flexibility index (Phi) is 8.32. The van der Waals surface area contributed by atoms with Crippen LogP contribution in [0, 0.1) is 0 Å². The van der Waals surface area contributed by atoms with Gasteiger partial charge in [0.25, 0.3) is 0 Å². The molecule has 0 aliphatic rings. The molecule has 1 aromatic rings. The molecule has 0 aromatic heterocycles. The number of ether oxygens (including phenoxy) is 1. The highest BCUT2D eigenvalue weighted by molar-refractivity contribution is 5.20. The van der Waals surface area contributed by atoms with Crippen molar-refractivity contribution in [2.75, 3.05) is 13.2 Å². The maximum atomic E-state index is 5.68. The highest BCUT2D eigenvalue weighted by Gasteiger charge is 2.05. The molecule has 0 radical (unpaired) electrons. The minimum Gasteiger partial charge on any atom is -0.492 e. The van der Waals surface area contributed by atoms with Crippen molar-refractivity contribution in [3.05, 3.63) is 30.3 Å². The van der Waals surface area contributed by atoms with Crippen molar-refractivity contribution in [3.8, 4) is 5.75 Å². The van der Waals surface area contributed by atoms with Gasteiger partial charge in [0.15, 0.2) is 0 Å². The zero-order valence-corrected chi connectivity index (χ0v) is 11.8. The minimum absolute atomic E-state index is 0.661. The second-order valence-electron chi connectivity index (χ2n) is 4.74. The third-order valence-corrected chi connectivity index (χ3v) is 3.09. The number of unbranched alkanes of at least 4 members (excludes halogenated alkanes) is 1. The lowest BCUT2D eigenvalue weighted by Gasteiger charge is -2.18. The van der Waals surface area contributed by atoms with Gasteiger partial charge in [0.1, 0.15) is 12.4 Å². The lowest BCUT2D eigenvalue weighted by molar-refractivity contribution is 0.298. The average molecular weight is 249 g/mol. The quantitative estimate of drug-likeness (QED) is 0.632. The number of hydrogen-bond donors (Lipinski definition) is 1. The van der Waals surface area contributed by atoms with Crippen LogP contribution in [0.2, 0.25) is 0 Å². The van der Waals surface area contributed by atoms with E-state index in [9.17, 15) is 0 Å². The molecule has 1 unspecified atom stereocenters. The van der Waals surface area contributed by atoms with E-state index in [1.807, 2.05) is 30.3 Å². The van der Waals surface area contributed by atoms with Gasteiger partial charge in [-0.15, -0.1) is 0 Å². The Bertz CT molecular complexity index is 286. The maximum absolute atomic E-state index is 5.68. The first-order chi connectivity index (χ1) is 8.86. The molecule has 0 heterocycles. The van der Waals surface area contributed by atoms with Gasteiger partial charge in [0.2, 0.25) is 0 Å². The number of benzene rings is 1. The normalized spacial score (nSPS) is 12.3. The fraction of sp³-hybridized carbons (Fsp3) is 0.625. The SMILES string of the molecule is CCCCC(CCC)NCCOc1ccccc1. The van der Waals surface area contributed by atoms with Gasteiger partial charge in [-0.1, -0.05) is 51.3 Å². The molecule has 0 aliphatic carbocycles. The van der Waals surface area contributed by atoms with Crippen LogP contribution in [0.15, 0.2) is 30.3 Å². The van der Waals surface area contributed by atoms with Crippen LogP contribution in [0.1, 0.15) is 46.0 Å². The van der Waals surface area contributed by atoms with E-state index in [2.05, 4.69) is 19.2 Å². The molecule has 1 rings (SSSR count). The van der Waals surface area contributed by atoms with Crippen LogP contribution in [0.25, 0.3) is 0 Å². The summed E-state index contributed by atoms with van der Waals surface area (Å²) in [5.74, 6) is 0.958. The number of nitrogens with one attached hydrogen (secondary N) is 1. The minimum atomic E-state index is 0.661. The van der Waals surface area contributed by atoms with Gasteiger partial charge in [-0.25, -0.2) is 0 Å². The first-order valence-electron chi connectivity index (χ1n) is 7.28. The molecule has 0 fully saturated rings. The molecule has 1 N–H and O–H groups in total. The van der Waals surface area contributed by atoms with Gasteiger partial charge in [-0.2, -0.15) is 0 Å². The summed E-state index contributed by atoms with van der Waals surface area (Å²) in [6.45, 7) is 6.18. The monoisotopic (exact) mass is 249 g/mol. The van der Waals surface area contributed by atoms with E-state index in [0.29, 0.717) is 6.04 Å². The number of para-hydroxylation sites is 1. The summed E-state index contributed by atoms with van der Waals surface area (Å²) in [5, 5.41) is 3.60. The second-order valence-corrected chi connectivity index (χ2v) is 4.74. The molecular formula is C16H27NO. The van der Waals surface area contributed by atoms with Gasteiger partial charge in [0, 0.05) is 12.6 Å². The zero-order valence-electron chi connectivity index (χ0n) is 11.8. The fourth-order valence-corrected chi connectivity index (χ4v) is 2.10. The van der Waals surface area contributed by atoms with Crippen LogP contribution in [-0.2, 0) is 0 Å². The summed E-state index contributed by atoms with van der Waals surface area (Å²) in [4.78, 5) is 0. The van der Waals surface area contributed by atoms with Gasteiger partial charge in [-0.05, 0) is 25.0 Å². The van der Waals surface area contributed by atoms with Gasteiger partial charge in [-0.3, -0.25) is 0 Å². The van der Waals surface area contributed by atoms with Crippen molar-refractivity contribution < 1.29 is 4.74 Å². The van der Waals surface area contributed by atoms with E-state index in [1.165, 1.54) is 32.1 Å². The largest absolute Gasteiger partial charge is 0.492 e. The summed E-state index contributed by atoms with van der Waals surface area (Å²) < 4.78 is 5.68. The molecule has 0 saturated heterocycles. The van der Waals surface area contributed by atoms with Gasteiger partial charge in [0.05, 0.1) is 0 Å². The molecule has 18 heavy (non-hydrogen) atoms. The van der Waals surface area contributed by atoms with Crippen LogP contribution in [0.3, 0.4) is 0 Å². The Labute approximate surface area is 112 Å². The van der Waals surface area contributed by atoms with Crippen molar-refractivity contribution in [3.63, 3.8) is 0 Å². The van der Waals surface area contributed by atoms with Crippen LogP contribution in [0.5, 0.6) is 5.75 Å². The molecule has 0 spiro atoms. The summed E-state index contributed by atoms with van der Waals surface area (Å²) in [6.07, 6.45) is 6.40. The standard InChI is InChI=1S/C16H27NO/c1-3-5-10-15(9-4-2)17-13-14-18-16-11-7-6-8-12-16/h6-8,11-12,15,17H,3-5,9-10,13-14H2,1-2H3. The van der Waals surface area contributed by atoms with E-state index in [4.69, 9.17) is 4.74 Å². The Hall–Kier alpha value is -1.02. The third kappa shape index (κ3) is 6.65. The highest BCUT2D eigenvalue weighted by atomic mass is 16.5. The van der Waals surface area contributed by atoms with Crippen LogP contribution in [-0.4, -0.2) is 19.2 Å². The van der Waals surface area contributed by atoms with Crippen molar-refractivity contribution in [2.24, 2.45) is 0 Å². The van der Waals surface area contributed by atoms with Crippen molar-refractivity contribution in [1.29, 1.82) is 0 Å². The molecule has 2 heteroatoms. The van der Waals surface area contributed by atoms with Crippen LogP contribution < -0.4 is 10.1 Å². The summed E-state index contributed by atoms with van der Waals surface area (Å²) in [7, 11) is 0. The first kappa shape index (κ1) is 15.0. The Morgan fingerprint density at radius 3 is 2.50 bits per heavy atom. The topological polar surface area (TPSA) is 21.3 Å². The van der Waals surface area contributed by atoms with Crippen molar-refractivity contribution in [1.82, 2.24) is 5.32 Å². The molecule has 102 valence electrons. The lowest BCUT2D eigenvalue weighted by Crippen LogP contribution is -2.32. The zero-order chi connectivity index (χ0) is 13.1. The van der Waals surface area contributed by atoms with Gasteiger partial charge >= 0.3 is 0 Å². The Balaban J connectivity index is 2.14. The predicted octanol–water partition coefficient (Wildman–Crippen LogP) is 4.01. The van der Waals surface area contributed by atoms with E-state index in [1.54, 1.807) is 0 Å². The number of hydrogen-bond acceptors (Lipinski definition) is 2. The summed E-state index contributed by atoms with van der Waals surface area (Å²) in [5.41, 5.74) is 0. The molecule has 0 aliphatic heterocycles. The highest BCUT2D eigenvalue weighted by Crippen LogP contribution is 2.08. The molecule has 1 atom stereocenters. The predicted molar refractivity (Wildman–Crippen MR) is 78.2 cm³/mol. The molecule has 1 aromatic carbocycles. The number of rotatable bonds is 10. The third-order valence-electron chi connectivity index (χ3n) is 3.09. The van der Waals surface area contributed by atoms with E-state index < -0.39 is 0 Å². The summed E-state index contributed by atoms with van der Waals surface area (Å²) >= 11 is 0. The van der Waals surface area contributed by atoms with Crippen LogP contribution >= 0.6 is 0 Å². The second kappa shape index (κ2) is 9.95. The molecular weight excluding hydrogens is 222 g/mol. The summed E-state index contributed by atoms with van der Waals surface area (Å²) in [6, 6.07) is 10.7.